The van der Waals surface area contributed by atoms with Crippen molar-refractivity contribution >= 4 is 23.2 Å². The molecule has 1 heterocycles. The summed E-state index contributed by atoms with van der Waals surface area (Å²) in [5, 5.41) is 4.61. The Balaban J connectivity index is 1.97. The standard InChI is InChI=1S/C14H14Cl2N2/c1-10(12-4-6-17-7-5-12)18-9-11-2-3-13(15)14(16)8-11/h2-8,10,18H,9H2,1H3. The Morgan fingerprint density at radius 1 is 1.11 bits per heavy atom. The van der Waals surface area contributed by atoms with Gasteiger partial charge in [0.1, 0.15) is 0 Å². The van der Waals surface area contributed by atoms with Gasteiger partial charge in [-0.05, 0) is 42.3 Å². The Morgan fingerprint density at radius 2 is 1.83 bits per heavy atom. The zero-order valence-electron chi connectivity index (χ0n) is 10.0. The van der Waals surface area contributed by atoms with Gasteiger partial charge in [0.15, 0.2) is 0 Å². The number of aromatic nitrogens is 1. The Hall–Kier alpha value is -1.09. The van der Waals surface area contributed by atoms with Crippen molar-refractivity contribution in [3.8, 4) is 0 Å². The molecule has 1 N–H and O–H groups in total. The van der Waals surface area contributed by atoms with Crippen LogP contribution in [0.4, 0.5) is 0 Å². The summed E-state index contributed by atoms with van der Waals surface area (Å²) in [6.45, 7) is 2.87. The monoisotopic (exact) mass is 280 g/mol. The SMILES string of the molecule is CC(NCc1ccc(Cl)c(Cl)c1)c1ccncc1. The van der Waals surface area contributed by atoms with Crippen molar-refractivity contribution in [2.75, 3.05) is 0 Å². The van der Waals surface area contributed by atoms with E-state index in [-0.39, 0.29) is 6.04 Å². The van der Waals surface area contributed by atoms with Gasteiger partial charge < -0.3 is 5.32 Å². The molecule has 2 rings (SSSR count). The summed E-state index contributed by atoms with van der Waals surface area (Å²) in [5.41, 5.74) is 2.33. The van der Waals surface area contributed by atoms with E-state index in [1.54, 1.807) is 12.4 Å². The molecule has 0 aliphatic rings. The molecule has 0 aliphatic heterocycles. The van der Waals surface area contributed by atoms with Crippen molar-refractivity contribution in [3.63, 3.8) is 0 Å². The van der Waals surface area contributed by atoms with E-state index in [0.717, 1.165) is 12.1 Å². The minimum atomic E-state index is 0.266. The van der Waals surface area contributed by atoms with Crippen molar-refractivity contribution in [1.29, 1.82) is 0 Å². The lowest BCUT2D eigenvalue weighted by Crippen LogP contribution is -2.18. The van der Waals surface area contributed by atoms with E-state index < -0.39 is 0 Å². The number of nitrogens with one attached hydrogen (secondary N) is 1. The second-order valence-electron chi connectivity index (χ2n) is 4.13. The van der Waals surface area contributed by atoms with E-state index in [1.165, 1.54) is 5.56 Å². The fourth-order valence-corrected chi connectivity index (χ4v) is 2.01. The average Bonchev–Trinajstić information content (AvgIpc) is 2.41. The Bertz CT molecular complexity index is 514. The Labute approximate surface area is 117 Å². The molecule has 0 spiro atoms. The second-order valence-corrected chi connectivity index (χ2v) is 4.95. The summed E-state index contributed by atoms with van der Waals surface area (Å²) in [6, 6.07) is 9.95. The molecular weight excluding hydrogens is 267 g/mol. The normalized spacial score (nSPS) is 12.4. The first kappa shape index (κ1) is 13.3. The zero-order valence-corrected chi connectivity index (χ0v) is 11.5. The largest absolute Gasteiger partial charge is 0.306 e. The molecule has 1 atom stereocenters. The van der Waals surface area contributed by atoms with E-state index in [0.29, 0.717) is 10.0 Å². The molecule has 0 amide bonds. The molecule has 2 nitrogen and oxygen atoms in total. The predicted octanol–water partition coefficient (Wildman–Crippen LogP) is 4.24. The minimum Gasteiger partial charge on any atom is -0.306 e. The number of hydrogen-bond donors (Lipinski definition) is 1. The second kappa shape index (κ2) is 6.19. The van der Waals surface area contributed by atoms with Gasteiger partial charge in [0, 0.05) is 25.0 Å². The lowest BCUT2D eigenvalue weighted by Gasteiger charge is -2.14. The topological polar surface area (TPSA) is 24.9 Å². The van der Waals surface area contributed by atoms with Gasteiger partial charge in [0.2, 0.25) is 0 Å². The zero-order chi connectivity index (χ0) is 13.0. The Kier molecular flexibility index (Phi) is 4.59. The molecule has 0 aliphatic carbocycles. The van der Waals surface area contributed by atoms with Crippen LogP contribution in [0.5, 0.6) is 0 Å². The summed E-state index contributed by atoms with van der Waals surface area (Å²) in [6.07, 6.45) is 3.60. The smallest absolute Gasteiger partial charge is 0.0595 e. The van der Waals surface area contributed by atoms with Crippen molar-refractivity contribution in [3.05, 3.63) is 63.9 Å². The highest BCUT2D eigenvalue weighted by molar-refractivity contribution is 6.42. The van der Waals surface area contributed by atoms with Gasteiger partial charge in [-0.3, -0.25) is 4.98 Å². The van der Waals surface area contributed by atoms with Crippen LogP contribution in [-0.4, -0.2) is 4.98 Å². The van der Waals surface area contributed by atoms with Crippen LogP contribution in [0.1, 0.15) is 24.1 Å². The molecule has 18 heavy (non-hydrogen) atoms. The number of benzene rings is 1. The van der Waals surface area contributed by atoms with Gasteiger partial charge >= 0.3 is 0 Å². The number of pyridine rings is 1. The highest BCUT2D eigenvalue weighted by Gasteiger charge is 2.05. The molecule has 1 aromatic carbocycles. The van der Waals surface area contributed by atoms with Crippen molar-refractivity contribution < 1.29 is 0 Å². The van der Waals surface area contributed by atoms with Crippen molar-refractivity contribution in [1.82, 2.24) is 10.3 Å². The van der Waals surface area contributed by atoms with E-state index in [4.69, 9.17) is 23.2 Å². The molecule has 0 saturated heterocycles. The molecule has 94 valence electrons. The van der Waals surface area contributed by atoms with E-state index in [2.05, 4.69) is 17.2 Å². The van der Waals surface area contributed by atoms with Gasteiger partial charge in [-0.15, -0.1) is 0 Å². The third-order valence-corrected chi connectivity index (χ3v) is 3.54. The number of halogens is 2. The fourth-order valence-electron chi connectivity index (χ4n) is 1.69. The highest BCUT2D eigenvalue weighted by atomic mass is 35.5. The number of nitrogens with zero attached hydrogens (tertiary/aromatic N) is 1. The van der Waals surface area contributed by atoms with Gasteiger partial charge in [-0.2, -0.15) is 0 Å². The van der Waals surface area contributed by atoms with Gasteiger partial charge in [0.05, 0.1) is 10.0 Å². The number of hydrogen-bond acceptors (Lipinski definition) is 2. The van der Waals surface area contributed by atoms with Crippen molar-refractivity contribution in [2.45, 2.75) is 19.5 Å². The molecular formula is C14H14Cl2N2. The van der Waals surface area contributed by atoms with Gasteiger partial charge in [-0.1, -0.05) is 29.3 Å². The first-order valence-corrected chi connectivity index (χ1v) is 6.49. The maximum absolute atomic E-state index is 5.98. The summed E-state index contributed by atoms with van der Waals surface area (Å²) in [5.74, 6) is 0. The number of rotatable bonds is 4. The lowest BCUT2D eigenvalue weighted by atomic mass is 10.1. The molecule has 0 radical (unpaired) electrons. The molecule has 0 bridgehead atoms. The summed E-state index contributed by atoms with van der Waals surface area (Å²) >= 11 is 11.9. The van der Waals surface area contributed by atoms with Crippen LogP contribution >= 0.6 is 23.2 Å². The van der Waals surface area contributed by atoms with Crippen LogP contribution in [0.3, 0.4) is 0 Å². The maximum atomic E-state index is 5.98. The maximum Gasteiger partial charge on any atom is 0.0595 e. The third kappa shape index (κ3) is 3.45. The predicted molar refractivity (Wildman–Crippen MR) is 76.0 cm³/mol. The van der Waals surface area contributed by atoms with Crippen LogP contribution in [0.25, 0.3) is 0 Å². The van der Waals surface area contributed by atoms with E-state index in [1.807, 2.05) is 30.3 Å². The molecule has 4 heteroatoms. The summed E-state index contributed by atoms with van der Waals surface area (Å²) < 4.78 is 0. The van der Waals surface area contributed by atoms with Crippen LogP contribution < -0.4 is 5.32 Å². The lowest BCUT2D eigenvalue weighted by molar-refractivity contribution is 0.574. The summed E-state index contributed by atoms with van der Waals surface area (Å²) in [7, 11) is 0. The molecule has 0 saturated carbocycles. The minimum absolute atomic E-state index is 0.266. The van der Waals surface area contributed by atoms with Crippen LogP contribution in [-0.2, 0) is 6.54 Å². The first-order valence-electron chi connectivity index (χ1n) is 5.74. The average molecular weight is 281 g/mol. The molecule has 2 aromatic rings. The van der Waals surface area contributed by atoms with E-state index in [9.17, 15) is 0 Å². The van der Waals surface area contributed by atoms with Crippen LogP contribution in [0.2, 0.25) is 10.0 Å². The highest BCUT2D eigenvalue weighted by Crippen LogP contribution is 2.22. The van der Waals surface area contributed by atoms with E-state index >= 15 is 0 Å². The van der Waals surface area contributed by atoms with Crippen LogP contribution in [0.15, 0.2) is 42.7 Å². The molecule has 0 fully saturated rings. The molecule has 1 aromatic heterocycles. The van der Waals surface area contributed by atoms with Gasteiger partial charge in [0.25, 0.3) is 0 Å². The van der Waals surface area contributed by atoms with Crippen LogP contribution in [0, 0.1) is 0 Å². The first-order chi connectivity index (χ1) is 8.66. The quantitative estimate of drug-likeness (QED) is 0.906. The van der Waals surface area contributed by atoms with Gasteiger partial charge in [-0.25, -0.2) is 0 Å². The fraction of sp³-hybridized carbons (Fsp3) is 0.214. The molecule has 1 unspecified atom stereocenters. The summed E-state index contributed by atoms with van der Waals surface area (Å²) in [4.78, 5) is 4.01. The third-order valence-electron chi connectivity index (χ3n) is 2.80. The van der Waals surface area contributed by atoms with Crippen molar-refractivity contribution in [2.24, 2.45) is 0 Å². The Morgan fingerprint density at radius 3 is 2.50 bits per heavy atom.